The molecule has 1 aromatic heterocycles. The molecule has 0 saturated heterocycles. The van der Waals surface area contributed by atoms with Crippen LogP contribution in [0.5, 0.6) is 0 Å². The molecule has 7 heteroatoms. The fourth-order valence-electron chi connectivity index (χ4n) is 1.78. The van der Waals surface area contributed by atoms with Crippen molar-refractivity contribution in [2.75, 3.05) is 6.61 Å². The SMILES string of the molecule is C#CCO/N=C(\C)c1ccc(-n2c(=O)[nH]n(C)c2=O)cc1. The summed E-state index contributed by atoms with van der Waals surface area (Å²) in [5, 5.41) is 6.25. The summed E-state index contributed by atoms with van der Waals surface area (Å²) >= 11 is 0. The zero-order valence-corrected chi connectivity index (χ0v) is 11.7. The summed E-state index contributed by atoms with van der Waals surface area (Å²) in [7, 11) is 1.48. The Morgan fingerprint density at radius 2 is 2.05 bits per heavy atom. The molecule has 0 unspecified atom stereocenters. The molecule has 1 heterocycles. The topological polar surface area (TPSA) is 81.4 Å². The van der Waals surface area contributed by atoms with E-state index in [1.807, 2.05) is 0 Å². The molecule has 0 amide bonds. The summed E-state index contributed by atoms with van der Waals surface area (Å²) in [5.74, 6) is 2.31. The molecule has 21 heavy (non-hydrogen) atoms. The Bertz CT molecular complexity index is 816. The molecule has 0 radical (unpaired) electrons. The van der Waals surface area contributed by atoms with E-state index in [9.17, 15) is 9.59 Å². The first-order valence-corrected chi connectivity index (χ1v) is 6.13. The minimum atomic E-state index is -0.488. The van der Waals surface area contributed by atoms with Gasteiger partial charge in [-0.15, -0.1) is 6.42 Å². The fraction of sp³-hybridized carbons (Fsp3) is 0.214. The summed E-state index contributed by atoms with van der Waals surface area (Å²) in [4.78, 5) is 28.4. The number of benzene rings is 1. The van der Waals surface area contributed by atoms with E-state index in [0.717, 1.165) is 14.8 Å². The van der Waals surface area contributed by atoms with Gasteiger partial charge in [0.05, 0.1) is 11.4 Å². The molecule has 0 fully saturated rings. The number of oxime groups is 1. The largest absolute Gasteiger partial charge is 0.382 e. The van der Waals surface area contributed by atoms with Gasteiger partial charge < -0.3 is 4.84 Å². The molecule has 0 aliphatic heterocycles. The quantitative estimate of drug-likeness (QED) is 0.378. The van der Waals surface area contributed by atoms with E-state index < -0.39 is 11.4 Å². The average Bonchev–Trinajstić information content (AvgIpc) is 2.72. The molecule has 7 nitrogen and oxygen atoms in total. The summed E-state index contributed by atoms with van der Waals surface area (Å²) < 4.78 is 2.17. The first-order chi connectivity index (χ1) is 10.0. The van der Waals surface area contributed by atoms with Crippen molar-refractivity contribution in [1.82, 2.24) is 14.3 Å². The zero-order valence-electron chi connectivity index (χ0n) is 11.7. The number of aryl methyl sites for hydroxylation is 1. The molecule has 0 aliphatic carbocycles. The fourth-order valence-corrected chi connectivity index (χ4v) is 1.78. The van der Waals surface area contributed by atoms with Crippen LogP contribution in [-0.4, -0.2) is 26.7 Å². The molecule has 0 bridgehead atoms. The number of hydrogen-bond acceptors (Lipinski definition) is 4. The monoisotopic (exact) mass is 286 g/mol. The summed E-state index contributed by atoms with van der Waals surface area (Å²) in [6.07, 6.45) is 5.06. The first-order valence-electron chi connectivity index (χ1n) is 6.13. The van der Waals surface area contributed by atoms with Crippen LogP contribution >= 0.6 is 0 Å². The molecule has 0 saturated carbocycles. The highest BCUT2D eigenvalue weighted by Crippen LogP contribution is 2.07. The van der Waals surface area contributed by atoms with Crippen molar-refractivity contribution in [2.45, 2.75) is 6.92 Å². The van der Waals surface area contributed by atoms with Gasteiger partial charge in [-0.05, 0) is 24.6 Å². The summed E-state index contributed by atoms with van der Waals surface area (Å²) in [6, 6.07) is 6.80. The van der Waals surface area contributed by atoms with Crippen molar-refractivity contribution in [3.8, 4) is 18.0 Å². The van der Waals surface area contributed by atoms with Crippen molar-refractivity contribution < 1.29 is 4.84 Å². The maximum atomic E-state index is 11.8. The zero-order chi connectivity index (χ0) is 15.4. The highest BCUT2D eigenvalue weighted by molar-refractivity contribution is 5.98. The molecular formula is C14H14N4O3. The standard InChI is InChI=1S/C14H14N4O3/c1-4-9-21-16-10(2)11-5-7-12(8-6-11)18-13(19)15-17(3)14(18)20/h1,5-8H,9H2,2-3H3,(H,15,19)/b16-10+. The van der Waals surface area contributed by atoms with Crippen molar-refractivity contribution in [2.24, 2.45) is 12.2 Å². The molecule has 1 aromatic carbocycles. The Balaban J connectivity index is 2.32. The number of hydrogen-bond donors (Lipinski definition) is 1. The van der Waals surface area contributed by atoms with Crippen LogP contribution in [0.25, 0.3) is 5.69 Å². The number of nitrogens with zero attached hydrogens (tertiary/aromatic N) is 3. The molecule has 0 spiro atoms. The van der Waals surface area contributed by atoms with Gasteiger partial charge in [-0.25, -0.2) is 23.9 Å². The lowest BCUT2D eigenvalue weighted by Gasteiger charge is -2.03. The van der Waals surface area contributed by atoms with Crippen molar-refractivity contribution in [3.63, 3.8) is 0 Å². The second-order valence-electron chi connectivity index (χ2n) is 4.30. The molecule has 0 aliphatic rings. The maximum Gasteiger partial charge on any atom is 0.351 e. The van der Waals surface area contributed by atoms with Crippen LogP contribution in [-0.2, 0) is 11.9 Å². The lowest BCUT2D eigenvalue weighted by molar-refractivity contribution is 0.180. The Kier molecular flexibility index (Phi) is 4.09. The minimum Gasteiger partial charge on any atom is -0.382 e. The highest BCUT2D eigenvalue weighted by Gasteiger charge is 2.08. The van der Waals surface area contributed by atoms with Crippen molar-refractivity contribution in [3.05, 3.63) is 50.8 Å². The molecule has 1 N–H and O–H groups in total. The molecule has 2 rings (SSSR count). The van der Waals surface area contributed by atoms with E-state index >= 15 is 0 Å². The van der Waals surface area contributed by atoms with Crippen LogP contribution in [0.1, 0.15) is 12.5 Å². The van der Waals surface area contributed by atoms with Crippen LogP contribution < -0.4 is 11.4 Å². The van der Waals surface area contributed by atoms with Crippen molar-refractivity contribution in [1.29, 1.82) is 0 Å². The van der Waals surface area contributed by atoms with Gasteiger partial charge >= 0.3 is 11.4 Å². The number of nitrogens with one attached hydrogen (secondary N) is 1. The van der Waals surface area contributed by atoms with Crippen molar-refractivity contribution >= 4 is 5.71 Å². The third kappa shape index (κ3) is 2.95. The second-order valence-corrected chi connectivity index (χ2v) is 4.30. The molecular weight excluding hydrogens is 272 g/mol. The normalized spacial score (nSPS) is 11.2. The highest BCUT2D eigenvalue weighted by atomic mass is 16.6. The van der Waals surface area contributed by atoms with Gasteiger partial charge in [0, 0.05) is 7.05 Å². The van der Waals surface area contributed by atoms with Gasteiger partial charge in [0.1, 0.15) is 0 Å². The van der Waals surface area contributed by atoms with E-state index in [1.54, 1.807) is 31.2 Å². The van der Waals surface area contributed by atoms with Crippen LogP contribution in [0.2, 0.25) is 0 Å². The van der Waals surface area contributed by atoms with Gasteiger partial charge in [-0.3, -0.25) is 0 Å². The van der Waals surface area contributed by atoms with E-state index in [4.69, 9.17) is 11.3 Å². The summed E-state index contributed by atoms with van der Waals surface area (Å²) in [5.41, 5.74) is 0.999. The van der Waals surface area contributed by atoms with Gasteiger partial charge in [-0.1, -0.05) is 23.2 Å². The number of H-pyrrole nitrogens is 1. The van der Waals surface area contributed by atoms with E-state index in [-0.39, 0.29) is 6.61 Å². The van der Waals surface area contributed by atoms with E-state index in [2.05, 4.69) is 16.2 Å². The van der Waals surface area contributed by atoms with E-state index in [0.29, 0.717) is 11.4 Å². The maximum absolute atomic E-state index is 11.8. The number of terminal acetylenes is 1. The Morgan fingerprint density at radius 3 is 2.57 bits per heavy atom. The number of aromatic nitrogens is 3. The van der Waals surface area contributed by atoms with Gasteiger partial charge in [-0.2, -0.15) is 0 Å². The Labute approximate surface area is 120 Å². The first kappa shape index (κ1) is 14.4. The van der Waals surface area contributed by atoms with Gasteiger partial charge in [0.15, 0.2) is 6.61 Å². The van der Waals surface area contributed by atoms with Crippen LogP contribution in [0.15, 0.2) is 39.0 Å². The Morgan fingerprint density at radius 1 is 1.38 bits per heavy atom. The lowest BCUT2D eigenvalue weighted by Crippen LogP contribution is -2.26. The van der Waals surface area contributed by atoms with Crippen LogP contribution in [0.3, 0.4) is 0 Å². The minimum absolute atomic E-state index is 0.101. The number of aromatic amines is 1. The number of rotatable bonds is 4. The van der Waals surface area contributed by atoms with Crippen LogP contribution in [0, 0.1) is 12.3 Å². The molecule has 2 aromatic rings. The van der Waals surface area contributed by atoms with Crippen LogP contribution in [0.4, 0.5) is 0 Å². The third-order valence-electron chi connectivity index (χ3n) is 2.84. The average molecular weight is 286 g/mol. The molecule has 108 valence electrons. The van der Waals surface area contributed by atoms with Gasteiger partial charge in [0.2, 0.25) is 0 Å². The molecule has 0 atom stereocenters. The van der Waals surface area contributed by atoms with Gasteiger partial charge in [0.25, 0.3) is 0 Å². The predicted molar refractivity (Wildman–Crippen MR) is 78.6 cm³/mol. The smallest absolute Gasteiger partial charge is 0.351 e. The second kappa shape index (κ2) is 5.96. The third-order valence-corrected chi connectivity index (χ3v) is 2.84. The Hall–Kier alpha value is -3.01. The lowest BCUT2D eigenvalue weighted by atomic mass is 10.1. The van der Waals surface area contributed by atoms with E-state index in [1.165, 1.54) is 7.05 Å². The summed E-state index contributed by atoms with van der Waals surface area (Å²) in [6.45, 7) is 1.87. The predicted octanol–water partition coefficient (Wildman–Crippen LogP) is 0.238.